The van der Waals surface area contributed by atoms with E-state index in [0.29, 0.717) is 25.3 Å². The molecule has 1 fully saturated rings. The number of nitrogens with one attached hydrogen (secondary N) is 2. The number of nitrogens with zero attached hydrogens (tertiary/aromatic N) is 1. The zero-order valence-corrected chi connectivity index (χ0v) is 17.2. The summed E-state index contributed by atoms with van der Waals surface area (Å²) >= 11 is 0. The number of sulfonamides is 1. The first-order valence-electron chi connectivity index (χ1n) is 9.61. The van der Waals surface area contributed by atoms with Crippen LogP contribution < -0.4 is 10.2 Å². The molecule has 2 N–H and O–H groups in total. The summed E-state index contributed by atoms with van der Waals surface area (Å²) in [7, 11) is -1.53. The molecule has 1 amide bonds. The molecule has 3 rings (SSSR count). The Morgan fingerprint density at radius 1 is 1.11 bits per heavy atom. The van der Waals surface area contributed by atoms with E-state index in [1.165, 1.54) is 0 Å². The minimum Gasteiger partial charge on any atom is -0.460 e. The number of carbonyl (C=O) groups is 1. The second kappa shape index (κ2) is 8.89. The summed E-state index contributed by atoms with van der Waals surface area (Å²) in [6, 6.07) is 10.2. The lowest BCUT2D eigenvalue weighted by molar-refractivity contribution is -0.886. The number of amides is 1. The summed E-state index contributed by atoms with van der Waals surface area (Å²) in [6.07, 6.45) is 2.88. The fourth-order valence-corrected chi connectivity index (χ4v) is 4.90. The van der Waals surface area contributed by atoms with Gasteiger partial charge in [0.25, 0.3) is 5.91 Å². The summed E-state index contributed by atoms with van der Waals surface area (Å²) in [5, 5.41) is 2.82. The summed E-state index contributed by atoms with van der Waals surface area (Å²) < 4.78 is 32.4. The SMILES string of the molecule is Cc1ccc(C[NH+](C)CC(=O)Nc2ccc(S(=O)(=O)N3CCCCC3)cc2)o1. The van der Waals surface area contributed by atoms with Gasteiger partial charge in [-0.2, -0.15) is 4.31 Å². The van der Waals surface area contributed by atoms with Crippen molar-refractivity contribution in [2.75, 3.05) is 32.0 Å². The second-order valence-corrected chi connectivity index (χ2v) is 9.30. The number of likely N-dealkylation sites (N-methyl/N-ethyl adjacent to an activating group) is 1. The molecular weight excluding hydrogens is 378 g/mol. The number of piperidine rings is 1. The normalized spacial score (nSPS) is 16.6. The van der Waals surface area contributed by atoms with Crippen molar-refractivity contribution < 1.29 is 22.5 Å². The van der Waals surface area contributed by atoms with E-state index in [9.17, 15) is 13.2 Å². The largest absolute Gasteiger partial charge is 0.460 e. The second-order valence-electron chi connectivity index (χ2n) is 7.36. The van der Waals surface area contributed by atoms with Gasteiger partial charge < -0.3 is 14.6 Å². The zero-order valence-electron chi connectivity index (χ0n) is 16.4. The van der Waals surface area contributed by atoms with Crippen molar-refractivity contribution in [3.63, 3.8) is 0 Å². The fourth-order valence-electron chi connectivity index (χ4n) is 3.38. The average Bonchev–Trinajstić information content (AvgIpc) is 3.07. The van der Waals surface area contributed by atoms with Crippen molar-refractivity contribution in [1.82, 2.24) is 4.31 Å². The smallest absolute Gasteiger partial charge is 0.279 e. The molecule has 1 aromatic heterocycles. The minimum absolute atomic E-state index is 0.132. The Kier molecular flexibility index (Phi) is 6.53. The lowest BCUT2D eigenvalue weighted by atomic mass is 10.2. The maximum absolute atomic E-state index is 12.7. The van der Waals surface area contributed by atoms with Crippen molar-refractivity contribution in [3.8, 4) is 0 Å². The highest BCUT2D eigenvalue weighted by Gasteiger charge is 2.25. The third-order valence-electron chi connectivity index (χ3n) is 4.83. The third kappa shape index (κ3) is 5.21. The van der Waals surface area contributed by atoms with E-state index >= 15 is 0 Å². The molecule has 1 unspecified atom stereocenters. The first-order valence-corrected chi connectivity index (χ1v) is 11.1. The van der Waals surface area contributed by atoms with E-state index in [4.69, 9.17) is 4.42 Å². The molecule has 8 heteroatoms. The standard InChI is InChI=1S/C20H27N3O4S/c1-16-6-9-18(27-16)14-22(2)15-20(24)21-17-7-10-19(11-8-17)28(25,26)23-12-4-3-5-13-23/h6-11H,3-5,12-15H2,1-2H3,(H,21,24)/p+1. The number of quaternary nitrogens is 1. The van der Waals surface area contributed by atoms with E-state index in [1.54, 1.807) is 28.6 Å². The lowest BCUT2D eigenvalue weighted by Gasteiger charge is -2.25. The van der Waals surface area contributed by atoms with E-state index in [-0.39, 0.29) is 17.3 Å². The highest BCUT2D eigenvalue weighted by Crippen LogP contribution is 2.21. The van der Waals surface area contributed by atoms with E-state index < -0.39 is 10.0 Å². The van der Waals surface area contributed by atoms with Crippen LogP contribution in [0.15, 0.2) is 45.7 Å². The van der Waals surface area contributed by atoms with Crippen LogP contribution in [0.5, 0.6) is 0 Å². The van der Waals surface area contributed by atoms with E-state index in [2.05, 4.69) is 5.32 Å². The summed E-state index contributed by atoms with van der Waals surface area (Å²) in [4.78, 5) is 13.5. The van der Waals surface area contributed by atoms with Crippen LogP contribution in [0.1, 0.15) is 30.8 Å². The molecule has 0 saturated carbocycles. The van der Waals surface area contributed by atoms with E-state index in [0.717, 1.165) is 35.7 Å². The number of hydrogen-bond acceptors (Lipinski definition) is 4. The highest BCUT2D eigenvalue weighted by molar-refractivity contribution is 7.89. The van der Waals surface area contributed by atoms with Crippen molar-refractivity contribution in [1.29, 1.82) is 0 Å². The third-order valence-corrected chi connectivity index (χ3v) is 6.74. The molecule has 0 bridgehead atoms. The van der Waals surface area contributed by atoms with Crippen molar-refractivity contribution in [2.24, 2.45) is 0 Å². The van der Waals surface area contributed by atoms with Crippen LogP contribution >= 0.6 is 0 Å². The molecule has 0 spiro atoms. The Morgan fingerprint density at radius 2 is 1.79 bits per heavy atom. The van der Waals surface area contributed by atoms with Crippen molar-refractivity contribution in [2.45, 2.75) is 37.6 Å². The van der Waals surface area contributed by atoms with Crippen molar-refractivity contribution in [3.05, 3.63) is 47.9 Å². The average molecular weight is 407 g/mol. The Balaban J connectivity index is 1.55. The van der Waals surface area contributed by atoms with Gasteiger partial charge in [0.05, 0.1) is 11.9 Å². The van der Waals surface area contributed by atoms with Gasteiger partial charge in [-0.25, -0.2) is 8.42 Å². The van der Waals surface area contributed by atoms with Gasteiger partial charge in [0.2, 0.25) is 10.0 Å². The molecule has 1 aliphatic heterocycles. The number of anilines is 1. The predicted molar refractivity (Wildman–Crippen MR) is 107 cm³/mol. The lowest BCUT2D eigenvalue weighted by Crippen LogP contribution is -3.08. The molecule has 2 heterocycles. The zero-order chi connectivity index (χ0) is 20.1. The molecular formula is C20H28N3O4S+. The van der Waals surface area contributed by atoms with Crippen LogP contribution in [0, 0.1) is 6.92 Å². The topological polar surface area (TPSA) is 84.1 Å². The van der Waals surface area contributed by atoms with Crippen LogP contribution in [0.4, 0.5) is 5.69 Å². The summed E-state index contributed by atoms with van der Waals surface area (Å²) in [5.41, 5.74) is 0.587. The Hall–Kier alpha value is -2.16. The van der Waals surface area contributed by atoms with E-state index in [1.807, 2.05) is 26.1 Å². The van der Waals surface area contributed by atoms with Crippen LogP contribution in [0.3, 0.4) is 0 Å². The molecule has 2 aromatic rings. The van der Waals surface area contributed by atoms with Gasteiger partial charge in [-0.05, 0) is 56.2 Å². The van der Waals surface area contributed by atoms with Crippen LogP contribution in [0.2, 0.25) is 0 Å². The Bertz CT molecular complexity index is 900. The molecule has 7 nitrogen and oxygen atoms in total. The Labute approximate surface area is 166 Å². The molecule has 1 aliphatic rings. The number of aryl methyl sites for hydroxylation is 1. The summed E-state index contributed by atoms with van der Waals surface area (Å²) in [5.74, 6) is 1.56. The molecule has 1 saturated heterocycles. The first kappa shape index (κ1) is 20.6. The number of furan rings is 1. The van der Waals surface area contributed by atoms with Gasteiger partial charge in [0.15, 0.2) is 12.3 Å². The summed E-state index contributed by atoms with van der Waals surface area (Å²) in [6.45, 7) is 3.94. The monoisotopic (exact) mass is 406 g/mol. The number of carbonyl (C=O) groups excluding carboxylic acids is 1. The van der Waals surface area contributed by atoms with Gasteiger partial charge in [-0.1, -0.05) is 6.42 Å². The molecule has 1 aromatic carbocycles. The van der Waals surface area contributed by atoms with Crippen LogP contribution in [0.25, 0.3) is 0 Å². The molecule has 152 valence electrons. The highest BCUT2D eigenvalue weighted by atomic mass is 32.2. The van der Waals surface area contributed by atoms with Crippen LogP contribution in [-0.2, 0) is 21.4 Å². The Morgan fingerprint density at radius 3 is 2.39 bits per heavy atom. The number of benzene rings is 1. The quantitative estimate of drug-likeness (QED) is 0.728. The number of hydrogen-bond donors (Lipinski definition) is 2. The number of rotatable bonds is 7. The fraction of sp³-hybridized carbons (Fsp3) is 0.450. The minimum atomic E-state index is -3.45. The van der Waals surface area contributed by atoms with Gasteiger partial charge >= 0.3 is 0 Å². The van der Waals surface area contributed by atoms with Gasteiger partial charge in [-0.3, -0.25) is 4.79 Å². The molecule has 0 aliphatic carbocycles. The maximum Gasteiger partial charge on any atom is 0.279 e. The molecule has 28 heavy (non-hydrogen) atoms. The van der Waals surface area contributed by atoms with Gasteiger partial charge in [0.1, 0.15) is 12.3 Å². The van der Waals surface area contributed by atoms with Gasteiger partial charge in [-0.15, -0.1) is 0 Å². The molecule has 0 radical (unpaired) electrons. The van der Waals surface area contributed by atoms with Gasteiger partial charge in [0, 0.05) is 18.8 Å². The predicted octanol–water partition coefficient (Wildman–Crippen LogP) is 1.42. The van der Waals surface area contributed by atoms with Crippen molar-refractivity contribution >= 4 is 21.6 Å². The first-order chi connectivity index (χ1) is 13.3. The van der Waals surface area contributed by atoms with Crippen LogP contribution in [-0.4, -0.2) is 45.3 Å². The molecule has 1 atom stereocenters. The maximum atomic E-state index is 12.7.